The van der Waals surface area contributed by atoms with Gasteiger partial charge in [0.2, 0.25) is 15.9 Å². The van der Waals surface area contributed by atoms with Crippen LogP contribution in [0.3, 0.4) is 0 Å². The van der Waals surface area contributed by atoms with Crippen molar-refractivity contribution in [1.29, 1.82) is 0 Å². The van der Waals surface area contributed by atoms with Crippen LogP contribution in [0.5, 0.6) is 0 Å². The van der Waals surface area contributed by atoms with Gasteiger partial charge in [-0.2, -0.15) is 0 Å². The Bertz CT molecular complexity index is 561. The van der Waals surface area contributed by atoms with E-state index in [2.05, 4.69) is 4.72 Å². The predicted octanol–water partition coefficient (Wildman–Crippen LogP) is 1.61. The molecule has 1 aliphatic heterocycles. The maximum atomic E-state index is 12.0. The van der Waals surface area contributed by atoms with Crippen LogP contribution >= 0.6 is 0 Å². The smallest absolute Gasteiger partial charge is 0.232 e. The summed E-state index contributed by atoms with van der Waals surface area (Å²) >= 11 is 0. The second-order valence-electron chi connectivity index (χ2n) is 4.97. The Morgan fingerprint density at radius 2 is 1.80 bits per heavy atom. The van der Waals surface area contributed by atoms with Crippen LogP contribution in [0, 0.1) is 0 Å². The summed E-state index contributed by atoms with van der Waals surface area (Å²) in [6, 6.07) is 6.97. The molecule has 1 amide bonds. The number of anilines is 1. The van der Waals surface area contributed by atoms with E-state index in [9.17, 15) is 13.2 Å². The summed E-state index contributed by atoms with van der Waals surface area (Å²) in [5.74, 6) is 0.187. The van der Waals surface area contributed by atoms with E-state index in [1.807, 2.05) is 4.90 Å². The molecule has 0 spiro atoms. The molecule has 1 saturated heterocycles. The molecular formula is C14H20N2O3S. The third-order valence-electron chi connectivity index (χ3n) is 3.42. The van der Waals surface area contributed by atoms with Gasteiger partial charge in [-0.1, -0.05) is 12.1 Å². The van der Waals surface area contributed by atoms with E-state index >= 15 is 0 Å². The van der Waals surface area contributed by atoms with Crippen molar-refractivity contribution in [2.75, 3.05) is 23.6 Å². The fraction of sp³-hybridized carbons (Fsp3) is 0.500. The van der Waals surface area contributed by atoms with Crippen molar-refractivity contribution in [3.05, 3.63) is 29.8 Å². The van der Waals surface area contributed by atoms with Crippen molar-refractivity contribution >= 4 is 21.6 Å². The number of benzene rings is 1. The molecule has 1 fully saturated rings. The molecule has 1 N–H and O–H groups in total. The first-order valence-electron chi connectivity index (χ1n) is 6.87. The zero-order valence-electron chi connectivity index (χ0n) is 11.6. The van der Waals surface area contributed by atoms with Crippen molar-refractivity contribution in [3.63, 3.8) is 0 Å². The Morgan fingerprint density at radius 1 is 1.20 bits per heavy atom. The molecule has 0 unspecified atom stereocenters. The number of nitrogens with one attached hydrogen (secondary N) is 1. The van der Waals surface area contributed by atoms with Crippen LogP contribution in [-0.2, 0) is 21.2 Å². The number of sulfonamides is 1. The van der Waals surface area contributed by atoms with E-state index in [4.69, 9.17) is 0 Å². The lowest BCUT2D eigenvalue weighted by molar-refractivity contribution is -0.129. The number of nitrogens with zero attached hydrogens (tertiary/aromatic N) is 1. The molecule has 5 nitrogen and oxygen atoms in total. The summed E-state index contributed by atoms with van der Waals surface area (Å²) < 4.78 is 25.3. The summed E-state index contributed by atoms with van der Waals surface area (Å²) in [6.07, 6.45) is 2.55. The fourth-order valence-corrected chi connectivity index (χ4v) is 2.83. The summed E-state index contributed by atoms with van der Waals surface area (Å²) in [6.45, 7) is 3.30. The Hall–Kier alpha value is -1.56. The number of amides is 1. The number of rotatable bonds is 5. The van der Waals surface area contributed by atoms with Gasteiger partial charge in [-0.25, -0.2) is 8.42 Å². The quantitative estimate of drug-likeness (QED) is 0.897. The second-order valence-corrected chi connectivity index (χ2v) is 6.98. The zero-order chi connectivity index (χ0) is 14.6. The second kappa shape index (κ2) is 6.26. The molecule has 2 rings (SSSR count). The van der Waals surface area contributed by atoms with Gasteiger partial charge >= 0.3 is 0 Å². The van der Waals surface area contributed by atoms with Gasteiger partial charge in [-0.3, -0.25) is 9.52 Å². The molecule has 0 aromatic heterocycles. The monoisotopic (exact) mass is 296 g/mol. The Morgan fingerprint density at radius 3 is 2.35 bits per heavy atom. The van der Waals surface area contributed by atoms with Gasteiger partial charge in [0.25, 0.3) is 0 Å². The average molecular weight is 296 g/mol. The Kier molecular flexibility index (Phi) is 4.65. The summed E-state index contributed by atoms with van der Waals surface area (Å²) in [7, 11) is -3.25. The van der Waals surface area contributed by atoms with Gasteiger partial charge in [0.05, 0.1) is 12.2 Å². The highest BCUT2D eigenvalue weighted by Gasteiger charge is 2.17. The van der Waals surface area contributed by atoms with Crippen LogP contribution in [0.15, 0.2) is 24.3 Å². The van der Waals surface area contributed by atoms with E-state index in [0.29, 0.717) is 12.1 Å². The third kappa shape index (κ3) is 3.96. The maximum absolute atomic E-state index is 12.0. The molecule has 0 atom stereocenters. The van der Waals surface area contributed by atoms with Crippen LogP contribution in [-0.4, -0.2) is 38.1 Å². The lowest BCUT2D eigenvalue weighted by Gasteiger charge is -2.15. The van der Waals surface area contributed by atoms with E-state index < -0.39 is 10.0 Å². The van der Waals surface area contributed by atoms with Crippen LogP contribution in [0.1, 0.15) is 25.3 Å². The SMILES string of the molecule is CCS(=O)(=O)Nc1ccc(CC(=O)N2CCCC2)cc1. The van der Waals surface area contributed by atoms with Crippen LogP contribution in [0.2, 0.25) is 0 Å². The molecule has 0 saturated carbocycles. The number of likely N-dealkylation sites (tertiary alicyclic amines) is 1. The number of carbonyl (C=O) groups is 1. The molecule has 1 aromatic rings. The highest BCUT2D eigenvalue weighted by Crippen LogP contribution is 2.14. The van der Waals surface area contributed by atoms with E-state index in [0.717, 1.165) is 31.5 Å². The van der Waals surface area contributed by atoms with E-state index in [1.165, 1.54) is 0 Å². The molecule has 0 radical (unpaired) electrons. The fourth-order valence-electron chi connectivity index (χ4n) is 2.20. The van der Waals surface area contributed by atoms with Gasteiger partial charge in [0.1, 0.15) is 0 Å². The van der Waals surface area contributed by atoms with Gasteiger partial charge in [0, 0.05) is 18.8 Å². The molecule has 0 aliphatic carbocycles. The van der Waals surface area contributed by atoms with Gasteiger partial charge in [0.15, 0.2) is 0 Å². The molecule has 1 aliphatic rings. The minimum Gasteiger partial charge on any atom is -0.342 e. The molecule has 1 heterocycles. The number of hydrogen-bond donors (Lipinski definition) is 1. The Labute approximate surface area is 120 Å². The van der Waals surface area contributed by atoms with Crippen molar-refractivity contribution in [2.45, 2.75) is 26.2 Å². The first-order chi connectivity index (χ1) is 9.50. The van der Waals surface area contributed by atoms with Gasteiger partial charge < -0.3 is 4.90 Å². The lowest BCUT2D eigenvalue weighted by Crippen LogP contribution is -2.29. The van der Waals surface area contributed by atoms with E-state index in [1.54, 1.807) is 31.2 Å². The summed E-state index contributed by atoms with van der Waals surface area (Å²) in [5.41, 5.74) is 1.44. The first-order valence-corrected chi connectivity index (χ1v) is 8.52. The number of carbonyl (C=O) groups excluding carboxylic acids is 1. The molecule has 20 heavy (non-hydrogen) atoms. The third-order valence-corrected chi connectivity index (χ3v) is 4.73. The predicted molar refractivity (Wildman–Crippen MR) is 79.0 cm³/mol. The molecule has 1 aromatic carbocycles. The van der Waals surface area contributed by atoms with Gasteiger partial charge in [-0.05, 0) is 37.5 Å². The minimum atomic E-state index is -3.25. The van der Waals surface area contributed by atoms with Gasteiger partial charge in [-0.15, -0.1) is 0 Å². The topological polar surface area (TPSA) is 66.5 Å². The highest BCUT2D eigenvalue weighted by atomic mass is 32.2. The van der Waals surface area contributed by atoms with Crippen molar-refractivity contribution in [1.82, 2.24) is 4.90 Å². The van der Waals surface area contributed by atoms with Crippen LogP contribution < -0.4 is 4.72 Å². The minimum absolute atomic E-state index is 0.0438. The molecular weight excluding hydrogens is 276 g/mol. The standard InChI is InChI=1S/C14H20N2O3S/c1-2-20(18,19)15-13-7-5-12(6-8-13)11-14(17)16-9-3-4-10-16/h5-8,15H,2-4,9-11H2,1H3. The molecule has 6 heteroatoms. The maximum Gasteiger partial charge on any atom is 0.232 e. The van der Waals surface area contributed by atoms with Crippen molar-refractivity contribution in [3.8, 4) is 0 Å². The first kappa shape index (κ1) is 14.8. The van der Waals surface area contributed by atoms with Crippen LogP contribution in [0.25, 0.3) is 0 Å². The van der Waals surface area contributed by atoms with E-state index in [-0.39, 0.29) is 11.7 Å². The largest absolute Gasteiger partial charge is 0.342 e. The van der Waals surface area contributed by atoms with Crippen molar-refractivity contribution in [2.24, 2.45) is 0 Å². The number of hydrogen-bond acceptors (Lipinski definition) is 3. The lowest BCUT2D eigenvalue weighted by atomic mass is 10.1. The molecule has 110 valence electrons. The highest BCUT2D eigenvalue weighted by molar-refractivity contribution is 7.92. The molecule has 0 bridgehead atoms. The average Bonchev–Trinajstić information content (AvgIpc) is 2.95. The Balaban J connectivity index is 1.96. The summed E-state index contributed by atoms with van der Waals surface area (Å²) in [4.78, 5) is 13.9. The summed E-state index contributed by atoms with van der Waals surface area (Å²) in [5, 5.41) is 0. The zero-order valence-corrected chi connectivity index (χ0v) is 12.4. The van der Waals surface area contributed by atoms with Crippen LogP contribution in [0.4, 0.5) is 5.69 Å². The van der Waals surface area contributed by atoms with Crippen molar-refractivity contribution < 1.29 is 13.2 Å². The normalized spacial score (nSPS) is 15.3.